The van der Waals surface area contributed by atoms with Gasteiger partial charge < -0.3 is 15.8 Å². The smallest absolute Gasteiger partial charge is 0.222 e. The van der Waals surface area contributed by atoms with Gasteiger partial charge in [-0.25, -0.2) is 4.98 Å². The van der Waals surface area contributed by atoms with Crippen molar-refractivity contribution in [3.63, 3.8) is 0 Å². The number of hydrogen-bond acceptors (Lipinski definition) is 5. The Labute approximate surface area is 107 Å². The minimum absolute atomic E-state index is 0.141. The van der Waals surface area contributed by atoms with Crippen molar-refractivity contribution >= 4 is 23.4 Å². The Morgan fingerprint density at radius 3 is 2.82 bits per heavy atom. The summed E-state index contributed by atoms with van der Waals surface area (Å²) in [5, 5.41) is 3.69. The largest absolute Gasteiger partial charge is 0.380 e. The fourth-order valence-electron chi connectivity index (χ4n) is 1.30. The molecule has 0 aliphatic heterocycles. The Morgan fingerprint density at radius 1 is 1.53 bits per heavy atom. The second-order valence-electron chi connectivity index (χ2n) is 4.08. The summed E-state index contributed by atoms with van der Waals surface area (Å²) >= 11 is 6.00. The lowest BCUT2D eigenvalue weighted by Crippen LogP contribution is -2.31. The molecule has 96 valence electrons. The molecule has 0 aliphatic carbocycles. The van der Waals surface area contributed by atoms with Gasteiger partial charge in [0.05, 0.1) is 18.8 Å². The van der Waals surface area contributed by atoms with Crippen LogP contribution in [0, 0.1) is 5.92 Å². The number of hydrogen-bond donors (Lipinski definition) is 2. The van der Waals surface area contributed by atoms with E-state index in [1.165, 1.54) is 6.20 Å². The number of anilines is 2. The third kappa shape index (κ3) is 4.36. The van der Waals surface area contributed by atoms with Crippen LogP contribution in [-0.4, -0.2) is 29.2 Å². The van der Waals surface area contributed by atoms with Crippen LogP contribution in [0.25, 0.3) is 0 Å². The Hall–Kier alpha value is -1.07. The summed E-state index contributed by atoms with van der Waals surface area (Å²) in [5.41, 5.74) is 5.53. The third-order valence-corrected chi connectivity index (χ3v) is 2.67. The zero-order chi connectivity index (χ0) is 12.8. The number of rotatable bonds is 6. The first kappa shape index (κ1) is 14.0. The molecule has 0 bridgehead atoms. The Bertz CT molecular complexity index is 359. The molecule has 5 nitrogen and oxygen atoms in total. The summed E-state index contributed by atoms with van der Waals surface area (Å²) in [6, 6.07) is 0.141. The maximum atomic E-state index is 6.00. The summed E-state index contributed by atoms with van der Waals surface area (Å²) in [7, 11) is 0. The van der Waals surface area contributed by atoms with Crippen molar-refractivity contribution in [2.75, 3.05) is 24.3 Å². The van der Waals surface area contributed by atoms with Crippen LogP contribution < -0.4 is 11.1 Å². The average Bonchev–Trinajstić information content (AvgIpc) is 2.28. The second kappa shape index (κ2) is 6.61. The molecule has 6 heteroatoms. The van der Waals surface area contributed by atoms with E-state index in [1.54, 1.807) is 0 Å². The predicted octanol–water partition coefficient (Wildman–Crippen LogP) is 2.19. The molecule has 17 heavy (non-hydrogen) atoms. The molecule has 3 N–H and O–H groups in total. The molecule has 0 radical (unpaired) electrons. The number of aromatic nitrogens is 2. The van der Waals surface area contributed by atoms with Crippen LogP contribution in [0.2, 0.25) is 5.02 Å². The summed E-state index contributed by atoms with van der Waals surface area (Å²) in [6.45, 7) is 7.47. The molecule has 1 rings (SSSR count). The zero-order valence-electron chi connectivity index (χ0n) is 10.4. The molecule has 1 aromatic rings. The molecule has 0 saturated heterocycles. The van der Waals surface area contributed by atoms with E-state index < -0.39 is 0 Å². The van der Waals surface area contributed by atoms with Gasteiger partial charge in [0.15, 0.2) is 5.82 Å². The molecule has 0 fully saturated rings. The number of nitrogens with zero attached hydrogens (tertiary/aromatic N) is 2. The van der Waals surface area contributed by atoms with Gasteiger partial charge in [-0.05, 0) is 12.8 Å². The highest BCUT2D eigenvalue weighted by molar-refractivity contribution is 6.32. The highest BCUT2D eigenvalue weighted by Gasteiger charge is 2.15. The summed E-state index contributed by atoms with van der Waals surface area (Å²) in [6.07, 6.45) is 1.49. The van der Waals surface area contributed by atoms with Crippen molar-refractivity contribution in [2.24, 2.45) is 5.92 Å². The maximum Gasteiger partial charge on any atom is 0.222 e. The van der Waals surface area contributed by atoms with Crippen molar-refractivity contribution in [2.45, 2.75) is 26.8 Å². The van der Waals surface area contributed by atoms with E-state index in [0.717, 1.165) is 0 Å². The standard InChI is InChI=1S/C11H19ClN4O/c1-4-17-6-9(7(2)3)15-10-8(12)5-14-11(13)16-10/h5,7,9H,4,6H2,1-3H3,(H3,13,14,15,16). The lowest BCUT2D eigenvalue weighted by molar-refractivity contribution is 0.126. The number of halogens is 1. The van der Waals surface area contributed by atoms with Crippen LogP contribution in [0.5, 0.6) is 0 Å². The second-order valence-corrected chi connectivity index (χ2v) is 4.49. The van der Waals surface area contributed by atoms with Crippen LogP contribution in [0.15, 0.2) is 6.20 Å². The van der Waals surface area contributed by atoms with Gasteiger partial charge in [0.1, 0.15) is 5.02 Å². The number of ether oxygens (including phenoxy) is 1. The number of nitrogens with two attached hydrogens (primary N) is 1. The van der Waals surface area contributed by atoms with E-state index in [0.29, 0.717) is 30.0 Å². The molecule has 0 aliphatic rings. The van der Waals surface area contributed by atoms with Gasteiger partial charge in [-0.1, -0.05) is 25.4 Å². The van der Waals surface area contributed by atoms with Crippen molar-refractivity contribution in [1.29, 1.82) is 0 Å². The summed E-state index contributed by atoms with van der Waals surface area (Å²) in [5.74, 6) is 1.15. The Kier molecular flexibility index (Phi) is 5.44. The Balaban J connectivity index is 2.74. The van der Waals surface area contributed by atoms with E-state index in [1.807, 2.05) is 6.92 Å². The quantitative estimate of drug-likeness (QED) is 0.818. The van der Waals surface area contributed by atoms with E-state index in [2.05, 4.69) is 29.1 Å². The van der Waals surface area contributed by atoms with Gasteiger partial charge in [-0.15, -0.1) is 0 Å². The van der Waals surface area contributed by atoms with Gasteiger partial charge in [-0.2, -0.15) is 4.98 Å². The highest BCUT2D eigenvalue weighted by Crippen LogP contribution is 2.21. The van der Waals surface area contributed by atoms with Crippen LogP contribution in [0.3, 0.4) is 0 Å². The first-order valence-electron chi connectivity index (χ1n) is 5.66. The van der Waals surface area contributed by atoms with Gasteiger partial charge in [0.25, 0.3) is 0 Å². The molecular weight excluding hydrogens is 240 g/mol. The lowest BCUT2D eigenvalue weighted by Gasteiger charge is -2.23. The summed E-state index contributed by atoms with van der Waals surface area (Å²) < 4.78 is 5.42. The highest BCUT2D eigenvalue weighted by atomic mass is 35.5. The first-order chi connectivity index (χ1) is 8.04. The molecule has 0 aromatic carbocycles. The number of nitrogen functional groups attached to an aromatic ring is 1. The van der Waals surface area contributed by atoms with Crippen LogP contribution in [0.1, 0.15) is 20.8 Å². The lowest BCUT2D eigenvalue weighted by atomic mass is 10.1. The third-order valence-electron chi connectivity index (χ3n) is 2.39. The topological polar surface area (TPSA) is 73.1 Å². The molecule has 1 unspecified atom stereocenters. The molecule has 1 atom stereocenters. The molecule has 1 heterocycles. The summed E-state index contributed by atoms with van der Waals surface area (Å²) in [4.78, 5) is 7.89. The molecule has 0 saturated carbocycles. The van der Waals surface area contributed by atoms with Crippen LogP contribution >= 0.6 is 11.6 Å². The Morgan fingerprint density at radius 2 is 2.24 bits per heavy atom. The van der Waals surface area contributed by atoms with Gasteiger partial charge >= 0.3 is 0 Å². The van der Waals surface area contributed by atoms with Crippen molar-refractivity contribution in [1.82, 2.24) is 9.97 Å². The van der Waals surface area contributed by atoms with Crippen LogP contribution in [-0.2, 0) is 4.74 Å². The molecular formula is C11H19ClN4O. The van der Waals surface area contributed by atoms with Gasteiger partial charge in [0.2, 0.25) is 5.95 Å². The normalized spacial score (nSPS) is 12.8. The minimum atomic E-state index is 0.141. The fraction of sp³-hybridized carbons (Fsp3) is 0.636. The molecule has 0 spiro atoms. The van der Waals surface area contributed by atoms with Crippen LogP contribution in [0.4, 0.5) is 11.8 Å². The molecule has 0 amide bonds. The van der Waals surface area contributed by atoms with Crippen molar-refractivity contribution in [3.05, 3.63) is 11.2 Å². The van der Waals surface area contributed by atoms with Crippen molar-refractivity contribution in [3.8, 4) is 0 Å². The van der Waals surface area contributed by atoms with Gasteiger partial charge in [0, 0.05) is 6.61 Å². The van der Waals surface area contributed by atoms with Crippen molar-refractivity contribution < 1.29 is 4.74 Å². The maximum absolute atomic E-state index is 6.00. The average molecular weight is 259 g/mol. The van der Waals surface area contributed by atoms with E-state index in [9.17, 15) is 0 Å². The fourth-order valence-corrected chi connectivity index (χ4v) is 1.45. The number of nitrogens with one attached hydrogen (secondary N) is 1. The van der Waals surface area contributed by atoms with Gasteiger partial charge in [-0.3, -0.25) is 0 Å². The first-order valence-corrected chi connectivity index (χ1v) is 6.04. The SMILES string of the molecule is CCOCC(Nc1nc(N)ncc1Cl)C(C)C. The molecule has 1 aromatic heterocycles. The van der Waals surface area contributed by atoms with E-state index in [4.69, 9.17) is 22.1 Å². The zero-order valence-corrected chi connectivity index (χ0v) is 11.2. The predicted molar refractivity (Wildman–Crippen MR) is 70.2 cm³/mol. The van der Waals surface area contributed by atoms with E-state index in [-0.39, 0.29) is 12.0 Å². The monoisotopic (exact) mass is 258 g/mol. The van der Waals surface area contributed by atoms with E-state index >= 15 is 0 Å². The minimum Gasteiger partial charge on any atom is -0.380 e.